The van der Waals surface area contributed by atoms with E-state index in [0.29, 0.717) is 6.07 Å². The van der Waals surface area contributed by atoms with Crippen molar-refractivity contribution in [1.29, 1.82) is 0 Å². The molecule has 1 N–H and O–H groups in total. The maximum Gasteiger partial charge on any atom is 0.341 e. The highest BCUT2D eigenvalue weighted by Crippen LogP contribution is 2.35. The zero-order valence-corrected chi connectivity index (χ0v) is 17.1. The number of hydrogen-bond acceptors (Lipinski definition) is 9. The van der Waals surface area contributed by atoms with Crippen molar-refractivity contribution in [3.05, 3.63) is 60.0 Å². The molecule has 158 valence electrons. The van der Waals surface area contributed by atoms with Gasteiger partial charge in [-0.3, -0.25) is 29.8 Å². The van der Waals surface area contributed by atoms with Crippen LogP contribution in [0.15, 0.2) is 18.2 Å². The second-order valence-corrected chi connectivity index (χ2v) is 7.14. The highest BCUT2D eigenvalue weighted by atomic mass is 32.1. The molecule has 0 aliphatic heterocycles. The number of anilines is 1. The molecule has 0 saturated heterocycles. The normalized spacial score (nSPS) is 10.3. The van der Waals surface area contributed by atoms with E-state index in [1.165, 1.54) is 25.9 Å². The molecule has 0 unspecified atom stereocenters. The Kier molecular flexibility index (Phi) is 6.46. The van der Waals surface area contributed by atoms with Gasteiger partial charge >= 0.3 is 5.97 Å². The van der Waals surface area contributed by atoms with Crippen LogP contribution < -0.4 is 5.32 Å². The number of carbonyl (C=O) groups is 3. The molecule has 2 aromatic rings. The fourth-order valence-electron chi connectivity index (χ4n) is 2.50. The van der Waals surface area contributed by atoms with Gasteiger partial charge in [0, 0.05) is 20.2 Å². The molecule has 1 aromatic carbocycles. The van der Waals surface area contributed by atoms with Crippen LogP contribution in [-0.2, 0) is 4.74 Å². The van der Waals surface area contributed by atoms with Gasteiger partial charge in [0.1, 0.15) is 10.6 Å². The minimum Gasteiger partial charge on any atom is -0.465 e. The largest absolute Gasteiger partial charge is 0.465 e. The molecule has 30 heavy (non-hydrogen) atoms. The third-order valence-electron chi connectivity index (χ3n) is 4.00. The molecule has 0 fully saturated rings. The van der Waals surface area contributed by atoms with Crippen molar-refractivity contribution in [2.45, 2.75) is 6.92 Å². The Balaban J connectivity index is 2.54. The Morgan fingerprint density at radius 1 is 1.13 bits per heavy atom. The van der Waals surface area contributed by atoms with Crippen LogP contribution in [0.25, 0.3) is 0 Å². The predicted octanol–water partition coefficient (Wildman–Crippen LogP) is 2.61. The van der Waals surface area contributed by atoms with Crippen LogP contribution >= 0.6 is 11.3 Å². The number of nitrogens with zero attached hydrogens (tertiary/aromatic N) is 3. The Bertz CT molecular complexity index is 1080. The van der Waals surface area contributed by atoms with E-state index in [9.17, 15) is 34.6 Å². The molecule has 12 nitrogen and oxygen atoms in total. The molecule has 0 bridgehead atoms. The average Bonchev–Trinajstić information content (AvgIpc) is 3.01. The molecule has 2 rings (SSSR count). The standard InChI is InChI=1S/C17H16N4O8S/c1-8-12(17(24)29-4)15(30-13(8)16(23)19(2)3)18-14(22)10-6-5-9(20(25)26)7-11(10)21(27)28/h5-7H,1-4H3,(H,18,22). The minimum absolute atomic E-state index is 0.0396. The van der Waals surface area contributed by atoms with E-state index in [1.54, 1.807) is 0 Å². The van der Waals surface area contributed by atoms with Gasteiger partial charge in [-0.15, -0.1) is 11.3 Å². The molecule has 1 heterocycles. The second kappa shape index (κ2) is 8.65. The van der Waals surface area contributed by atoms with Gasteiger partial charge < -0.3 is 15.0 Å². The fraction of sp³-hybridized carbons (Fsp3) is 0.235. The van der Waals surface area contributed by atoms with Gasteiger partial charge in [0.15, 0.2) is 0 Å². The van der Waals surface area contributed by atoms with Crippen molar-refractivity contribution in [3.63, 3.8) is 0 Å². The maximum absolute atomic E-state index is 12.7. The molecule has 0 radical (unpaired) electrons. The molecule has 2 amide bonds. The topological polar surface area (TPSA) is 162 Å². The van der Waals surface area contributed by atoms with Crippen LogP contribution in [0.2, 0.25) is 0 Å². The number of ether oxygens (including phenoxy) is 1. The Hall–Kier alpha value is -3.87. The monoisotopic (exact) mass is 436 g/mol. The lowest BCUT2D eigenvalue weighted by Crippen LogP contribution is -2.21. The number of hydrogen-bond donors (Lipinski definition) is 1. The summed E-state index contributed by atoms with van der Waals surface area (Å²) in [6.07, 6.45) is 0. The van der Waals surface area contributed by atoms with E-state index >= 15 is 0 Å². The van der Waals surface area contributed by atoms with Crippen molar-refractivity contribution < 1.29 is 29.0 Å². The molecular formula is C17H16N4O8S. The van der Waals surface area contributed by atoms with Gasteiger partial charge in [-0.05, 0) is 18.6 Å². The van der Waals surface area contributed by atoms with E-state index in [0.717, 1.165) is 30.6 Å². The zero-order valence-electron chi connectivity index (χ0n) is 16.2. The van der Waals surface area contributed by atoms with Crippen LogP contribution in [0.3, 0.4) is 0 Å². The third kappa shape index (κ3) is 4.25. The summed E-state index contributed by atoms with van der Waals surface area (Å²) in [6.45, 7) is 1.50. The van der Waals surface area contributed by atoms with Crippen LogP contribution in [0, 0.1) is 27.2 Å². The van der Waals surface area contributed by atoms with Crippen molar-refractivity contribution in [1.82, 2.24) is 4.90 Å². The summed E-state index contributed by atoms with van der Waals surface area (Å²) in [5.74, 6) is -2.20. The quantitative estimate of drug-likeness (QED) is 0.410. The number of nitrogens with one attached hydrogen (secondary N) is 1. The van der Waals surface area contributed by atoms with E-state index in [1.807, 2.05) is 0 Å². The van der Waals surface area contributed by atoms with E-state index in [4.69, 9.17) is 4.74 Å². The zero-order chi connectivity index (χ0) is 22.7. The van der Waals surface area contributed by atoms with E-state index in [2.05, 4.69) is 5.32 Å². The van der Waals surface area contributed by atoms with Gasteiger partial charge in [-0.25, -0.2) is 4.79 Å². The van der Waals surface area contributed by atoms with Crippen LogP contribution in [0.5, 0.6) is 0 Å². The molecule has 0 atom stereocenters. The third-order valence-corrected chi connectivity index (χ3v) is 5.19. The number of non-ortho nitro benzene ring substituents is 1. The summed E-state index contributed by atoms with van der Waals surface area (Å²) in [4.78, 5) is 59.1. The van der Waals surface area contributed by atoms with Gasteiger partial charge in [-0.1, -0.05) is 0 Å². The number of carbonyl (C=O) groups excluding carboxylic acids is 3. The smallest absolute Gasteiger partial charge is 0.341 e. The van der Waals surface area contributed by atoms with Crippen LogP contribution in [-0.4, -0.2) is 53.7 Å². The molecule has 13 heteroatoms. The van der Waals surface area contributed by atoms with E-state index in [-0.39, 0.29) is 21.0 Å². The number of methoxy groups -OCH3 is 1. The number of rotatable bonds is 6. The van der Waals surface area contributed by atoms with Crippen LogP contribution in [0.1, 0.15) is 36.0 Å². The van der Waals surface area contributed by atoms with Gasteiger partial charge in [0.2, 0.25) is 0 Å². The number of benzene rings is 1. The Morgan fingerprint density at radius 3 is 2.27 bits per heavy atom. The highest BCUT2D eigenvalue weighted by molar-refractivity contribution is 7.18. The highest BCUT2D eigenvalue weighted by Gasteiger charge is 2.29. The summed E-state index contributed by atoms with van der Waals surface area (Å²) < 4.78 is 4.71. The van der Waals surface area contributed by atoms with Crippen molar-refractivity contribution >= 4 is 45.5 Å². The predicted molar refractivity (Wildman–Crippen MR) is 106 cm³/mol. The number of nitro groups is 2. The molecule has 0 aliphatic carbocycles. The summed E-state index contributed by atoms with van der Waals surface area (Å²) in [7, 11) is 4.15. The summed E-state index contributed by atoms with van der Waals surface area (Å²) in [6, 6.07) is 2.55. The number of nitro benzene ring substituents is 2. The maximum atomic E-state index is 12.7. The number of thiophene rings is 1. The first-order chi connectivity index (χ1) is 14.0. The van der Waals surface area contributed by atoms with Crippen molar-refractivity contribution in [2.75, 3.05) is 26.5 Å². The van der Waals surface area contributed by atoms with Gasteiger partial charge in [0.05, 0.1) is 33.5 Å². The molecule has 1 aromatic heterocycles. The Labute approximate surface area is 173 Å². The summed E-state index contributed by atoms with van der Waals surface area (Å²) >= 11 is 0.809. The first-order valence-corrected chi connectivity index (χ1v) is 8.98. The molecule has 0 aliphatic rings. The summed E-state index contributed by atoms with van der Waals surface area (Å²) in [5.41, 5.74) is -1.57. The second-order valence-electron chi connectivity index (χ2n) is 6.12. The minimum atomic E-state index is -0.980. The first-order valence-electron chi connectivity index (χ1n) is 8.17. The Morgan fingerprint density at radius 2 is 1.77 bits per heavy atom. The van der Waals surface area contributed by atoms with Gasteiger partial charge in [0.25, 0.3) is 23.2 Å². The van der Waals surface area contributed by atoms with Gasteiger partial charge in [-0.2, -0.15) is 0 Å². The fourth-order valence-corrected chi connectivity index (χ4v) is 3.71. The lowest BCUT2D eigenvalue weighted by atomic mass is 10.1. The lowest BCUT2D eigenvalue weighted by molar-refractivity contribution is -0.394. The molecule has 0 saturated carbocycles. The SMILES string of the molecule is COC(=O)c1c(NC(=O)c2ccc([N+](=O)[O-])cc2[N+](=O)[O-])sc(C(=O)N(C)C)c1C. The first kappa shape index (κ1) is 22.4. The van der Waals surface area contributed by atoms with Crippen LogP contribution in [0.4, 0.5) is 16.4 Å². The van der Waals surface area contributed by atoms with Crippen molar-refractivity contribution in [3.8, 4) is 0 Å². The number of amides is 2. The lowest BCUT2D eigenvalue weighted by Gasteiger charge is -2.08. The molecule has 0 spiro atoms. The number of esters is 1. The average molecular weight is 436 g/mol. The summed E-state index contributed by atoms with van der Waals surface area (Å²) in [5, 5.41) is 24.5. The molecular weight excluding hydrogens is 420 g/mol. The van der Waals surface area contributed by atoms with E-state index < -0.39 is 44.6 Å². The van der Waals surface area contributed by atoms with Crippen molar-refractivity contribution in [2.24, 2.45) is 0 Å².